The Morgan fingerprint density at radius 2 is 1.71 bits per heavy atom. The minimum absolute atomic E-state index is 0.414. The van der Waals surface area contributed by atoms with E-state index in [1.54, 1.807) is 20.4 Å². The first kappa shape index (κ1) is 32.6. The quantitative estimate of drug-likeness (QED) is 0.218. The number of H-pyrrole nitrogens is 1. The maximum atomic E-state index is 13.7. The number of nitrogens with one attached hydrogen (secondary N) is 3. The fourth-order valence-electron chi connectivity index (χ4n) is 7.33. The third kappa shape index (κ3) is 6.41. The molecule has 0 radical (unpaired) electrons. The molecule has 2 aromatic carbocycles. The molecule has 0 bridgehead atoms. The molecule has 0 atom stereocenters. The van der Waals surface area contributed by atoms with Crippen molar-refractivity contribution in [1.82, 2.24) is 24.8 Å². The number of fused-ring (bicyclic) bond motifs is 2. The molecule has 2 aromatic heterocycles. The fourth-order valence-corrected chi connectivity index (χ4v) is 8.71. The summed E-state index contributed by atoms with van der Waals surface area (Å²) in [6.45, 7) is 13.7. The summed E-state index contributed by atoms with van der Waals surface area (Å²) in [6.07, 6.45) is 4.19. The summed E-state index contributed by atoms with van der Waals surface area (Å²) >= 11 is 0. The van der Waals surface area contributed by atoms with Crippen molar-refractivity contribution in [2.75, 3.05) is 107 Å². The molecule has 0 amide bonds. The van der Waals surface area contributed by atoms with E-state index in [1.165, 1.54) is 37.2 Å². The van der Waals surface area contributed by atoms with Gasteiger partial charge in [-0.3, -0.25) is 4.90 Å². The number of benzene rings is 2. The number of anilines is 6. The first-order valence-corrected chi connectivity index (χ1v) is 19.5. The standard InChI is InChI=1S/C35H48N9O3P/c1-23-21-27(30(46-4)22-29(23)44-13-10-24(11-14-44)43-17-15-41(2)16-18-43)38-35-39-33-25(9-12-36-33)34(40-35)37-26-7-8-28-31(32(26)48(5,6)45)47-20-19-42(28)3/h7-9,12,21-22,24H,10-11,13-20H2,1-6H3,(H3,36,37,38,39,40). The zero-order valence-electron chi connectivity index (χ0n) is 29.0. The van der Waals surface area contributed by atoms with Crippen LogP contribution in [0.4, 0.5) is 34.5 Å². The van der Waals surface area contributed by atoms with Gasteiger partial charge in [0.05, 0.1) is 41.4 Å². The van der Waals surface area contributed by atoms with E-state index in [1.807, 2.05) is 31.4 Å². The van der Waals surface area contributed by atoms with Crippen LogP contribution in [0.15, 0.2) is 36.5 Å². The second kappa shape index (κ2) is 13.1. The molecule has 3 N–H and O–H groups in total. The van der Waals surface area contributed by atoms with E-state index in [2.05, 4.69) is 61.3 Å². The van der Waals surface area contributed by atoms with Gasteiger partial charge in [0.15, 0.2) is 5.75 Å². The molecular weight excluding hydrogens is 625 g/mol. The average molecular weight is 674 g/mol. The summed E-state index contributed by atoms with van der Waals surface area (Å²) in [6, 6.07) is 10.8. The van der Waals surface area contributed by atoms with Gasteiger partial charge in [0.25, 0.3) is 0 Å². The molecule has 2 fully saturated rings. The van der Waals surface area contributed by atoms with Crippen molar-refractivity contribution in [2.24, 2.45) is 0 Å². The predicted octanol–water partition coefficient (Wildman–Crippen LogP) is 5.05. The van der Waals surface area contributed by atoms with E-state index in [0.717, 1.165) is 55.2 Å². The lowest BCUT2D eigenvalue weighted by atomic mass is 10.0. The third-order valence-corrected chi connectivity index (χ3v) is 11.5. The van der Waals surface area contributed by atoms with Crippen LogP contribution in [0.25, 0.3) is 11.0 Å². The summed E-state index contributed by atoms with van der Waals surface area (Å²) in [5.74, 6) is 2.41. The largest absolute Gasteiger partial charge is 0.494 e. The molecule has 0 aliphatic carbocycles. The smallest absolute Gasteiger partial charge is 0.231 e. The van der Waals surface area contributed by atoms with Crippen molar-refractivity contribution >= 4 is 58.0 Å². The van der Waals surface area contributed by atoms with Gasteiger partial charge in [0.2, 0.25) is 5.95 Å². The molecule has 13 heteroatoms. The monoisotopic (exact) mass is 673 g/mol. The maximum Gasteiger partial charge on any atom is 0.231 e. The normalized spacial score (nSPS) is 18.1. The molecule has 0 spiro atoms. The molecular formula is C35H48N9O3P. The maximum absolute atomic E-state index is 13.7. The number of aromatic amines is 1. The molecule has 4 aromatic rings. The van der Waals surface area contributed by atoms with Gasteiger partial charge in [0, 0.05) is 70.3 Å². The SMILES string of the molecule is COc1cc(N2CCC(N3CCN(C)CC3)CC2)c(C)cc1Nc1nc(Nc2ccc3c(c2P(C)(C)=O)OCCN3C)c2cc[nH]c2n1. The molecule has 7 rings (SSSR count). The number of nitrogens with zero attached hydrogens (tertiary/aromatic N) is 6. The molecule has 48 heavy (non-hydrogen) atoms. The van der Waals surface area contributed by atoms with Crippen molar-refractivity contribution in [3.05, 3.63) is 42.1 Å². The number of hydrogen-bond donors (Lipinski definition) is 3. The van der Waals surface area contributed by atoms with Gasteiger partial charge in [0.1, 0.15) is 31.0 Å². The first-order valence-electron chi connectivity index (χ1n) is 16.9. The van der Waals surface area contributed by atoms with Crippen LogP contribution in [0.5, 0.6) is 11.5 Å². The zero-order valence-corrected chi connectivity index (χ0v) is 29.9. The van der Waals surface area contributed by atoms with Crippen molar-refractivity contribution in [3.8, 4) is 11.5 Å². The number of aryl methyl sites for hydroxylation is 1. The van der Waals surface area contributed by atoms with Crippen molar-refractivity contribution < 1.29 is 14.0 Å². The van der Waals surface area contributed by atoms with Crippen molar-refractivity contribution in [2.45, 2.75) is 25.8 Å². The van der Waals surface area contributed by atoms with Crippen LogP contribution in [0.1, 0.15) is 18.4 Å². The first-order chi connectivity index (χ1) is 23.1. The van der Waals surface area contributed by atoms with E-state index < -0.39 is 7.14 Å². The molecule has 3 aliphatic heterocycles. The van der Waals surface area contributed by atoms with Crippen LogP contribution >= 0.6 is 7.14 Å². The van der Waals surface area contributed by atoms with Crippen molar-refractivity contribution in [1.29, 1.82) is 0 Å². The number of methoxy groups -OCH3 is 1. The highest BCUT2D eigenvalue weighted by atomic mass is 31.2. The Balaban J connectivity index is 1.14. The Morgan fingerprint density at radius 1 is 0.938 bits per heavy atom. The second-order valence-electron chi connectivity index (χ2n) is 13.7. The van der Waals surface area contributed by atoms with Gasteiger partial charge >= 0.3 is 0 Å². The third-order valence-electron chi connectivity index (χ3n) is 10.0. The zero-order chi connectivity index (χ0) is 33.6. The number of ether oxygens (including phenoxy) is 2. The minimum Gasteiger partial charge on any atom is -0.494 e. The van der Waals surface area contributed by atoms with Gasteiger partial charge in [-0.15, -0.1) is 0 Å². The number of rotatable bonds is 8. The van der Waals surface area contributed by atoms with Crippen LogP contribution in [0.2, 0.25) is 0 Å². The molecule has 0 unspecified atom stereocenters. The minimum atomic E-state index is -2.74. The fraction of sp³-hybridized carbons (Fsp3) is 0.486. The number of aromatic nitrogens is 3. The Labute approximate surface area is 283 Å². The molecule has 256 valence electrons. The van der Waals surface area contributed by atoms with E-state index in [9.17, 15) is 4.57 Å². The van der Waals surface area contributed by atoms with E-state index in [0.29, 0.717) is 46.8 Å². The highest BCUT2D eigenvalue weighted by Crippen LogP contribution is 2.47. The Morgan fingerprint density at radius 3 is 2.44 bits per heavy atom. The Bertz CT molecular complexity index is 1840. The summed E-state index contributed by atoms with van der Waals surface area (Å²) in [4.78, 5) is 22.7. The van der Waals surface area contributed by atoms with Crippen molar-refractivity contribution in [3.63, 3.8) is 0 Å². The van der Waals surface area contributed by atoms with Gasteiger partial charge in [-0.2, -0.15) is 9.97 Å². The van der Waals surface area contributed by atoms with E-state index in [-0.39, 0.29) is 0 Å². The van der Waals surface area contributed by atoms with Gasteiger partial charge < -0.3 is 44.4 Å². The second-order valence-corrected chi connectivity index (χ2v) is 16.9. The average Bonchev–Trinajstić information content (AvgIpc) is 3.54. The van der Waals surface area contributed by atoms with Crippen LogP contribution < -0.4 is 35.2 Å². The van der Waals surface area contributed by atoms with Crippen LogP contribution in [0.3, 0.4) is 0 Å². The van der Waals surface area contributed by atoms with E-state index in [4.69, 9.17) is 19.4 Å². The molecule has 5 heterocycles. The van der Waals surface area contributed by atoms with Crippen LogP contribution in [-0.2, 0) is 4.57 Å². The Kier molecular flexibility index (Phi) is 8.91. The van der Waals surface area contributed by atoms with Gasteiger partial charge in [-0.05, 0) is 70.0 Å². The lowest BCUT2D eigenvalue weighted by Crippen LogP contribution is -2.52. The number of likely N-dealkylation sites (N-methyl/N-ethyl adjacent to an activating group) is 2. The van der Waals surface area contributed by atoms with Crippen LogP contribution in [-0.4, -0.2) is 118 Å². The lowest BCUT2D eigenvalue weighted by molar-refractivity contribution is 0.0982. The summed E-state index contributed by atoms with van der Waals surface area (Å²) < 4.78 is 25.7. The number of piperidine rings is 1. The molecule has 2 saturated heterocycles. The van der Waals surface area contributed by atoms with E-state index >= 15 is 0 Å². The number of piperazine rings is 1. The highest BCUT2D eigenvalue weighted by molar-refractivity contribution is 7.70. The molecule has 12 nitrogen and oxygen atoms in total. The lowest BCUT2D eigenvalue weighted by Gasteiger charge is -2.43. The highest BCUT2D eigenvalue weighted by Gasteiger charge is 2.30. The summed E-state index contributed by atoms with van der Waals surface area (Å²) in [5.41, 5.74) is 5.49. The van der Waals surface area contributed by atoms with Gasteiger partial charge in [-0.25, -0.2) is 0 Å². The summed E-state index contributed by atoms with van der Waals surface area (Å²) in [5, 5.41) is 8.44. The van der Waals surface area contributed by atoms with Crippen LogP contribution in [0, 0.1) is 6.92 Å². The number of hydrogen-bond acceptors (Lipinski definition) is 11. The molecule has 3 aliphatic rings. The topological polar surface area (TPSA) is 114 Å². The predicted molar refractivity (Wildman–Crippen MR) is 197 cm³/mol. The summed E-state index contributed by atoms with van der Waals surface area (Å²) in [7, 11) is 3.20. The van der Waals surface area contributed by atoms with Gasteiger partial charge in [-0.1, -0.05) is 0 Å². The molecule has 0 saturated carbocycles. The Hall–Kier alpha value is -3.99.